The van der Waals surface area contributed by atoms with Crippen molar-refractivity contribution in [1.82, 2.24) is 4.98 Å². The van der Waals surface area contributed by atoms with Gasteiger partial charge in [-0.25, -0.2) is 4.98 Å². The van der Waals surface area contributed by atoms with E-state index in [1.54, 1.807) is 13.2 Å². The molecular formula is C22H29N3O2Si. The second kappa shape index (κ2) is 7.35. The minimum absolute atomic E-state index is 0.114. The topological polar surface area (TPSA) is 69.4 Å². The first-order valence-electron chi connectivity index (χ1n) is 9.40. The lowest BCUT2D eigenvalue weighted by Gasteiger charge is -2.36. The van der Waals surface area contributed by atoms with Gasteiger partial charge in [0, 0.05) is 11.5 Å². The Labute approximate surface area is 168 Å². The van der Waals surface area contributed by atoms with E-state index in [0.717, 1.165) is 33.9 Å². The number of para-hydroxylation sites is 1. The van der Waals surface area contributed by atoms with E-state index in [1.807, 2.05) is 42.5 Å². The first kappa shape index (κ1) is 20.0. The highest BCUT2D eigenvalue weighted by Gasteiger charge is 2.39. The van der Waals surface area contributed by atoms with Crippen LogP contribution < -0.4 is 20.2 Å². The summed E-state index contributed by atoms with van der Waals surface area (Å²) in [6.45, 7) is 11.2. The maximum absolute atomic E-state index is 6.55. The highest BCUT2D eigenvalue weighted by Crippen LogP contribution is 2.39. The minimum atomic E-state index is -1.97. The molecule has 0 aliphatic rings. The van der Waals surface area contributed by atoms with Crippen LogP contribution in [0.2, 0.25) is 18.1 Å². The summed E-state index contributed by atoms with van der Waals surface area (Å²) in [7, 11) is -0.347. The molecule has 6 heteroatoms. The first-order chi connectivity index (χ1) is 13.1. The summed E-state index contributed by atoms with van der Waals surface area (Å²) in [5.74, 6) is 2.27. The maximum atomic E-state index is 6.55. The molecule has 0 spiro atoms. The number of anilines is 3. The number of nitrogens with zero attached hydrogens (tertiary/aromatic N) is 1. The number of hydrogen-bond acceptors (Lipinski definition) is 5. The van der Waals surface area contributed by atoms with Crippen molar-refractivity contribution in [2.45, 2.75) is 38.9 Å². The van der Waals surface area contributed by atoms with E-state index in [2.05, 4.69) is 39.2 Å². The van der Waals surface area contributed by atoms with Gasteiger partial charge in [-0.2, -0.15) is 0 Å². The first-order valence-corrected chi connectivity index (χ1v) is 12.3. The number of methoxy groups -OCH3 is 1. The Morgan fingerprint density at radius 1 is 1.04 bits per heavy atom. The van der Waals surface area contributed by atoms with Crippen molar-refractivity contribution in [3.05, 3.63) is 48.5 Å². The Morgan fingerprint density at radius 2 is 1.79 bits per heavy atom. The van der Waals surface area contributed by atoms with E-state index in [1.165, 1.54) is 0 Å². The van der Waals surface area contributed by atoms with Crippen LogP contribution in [0.1, 0.15) is 20.8 Å². The van der Waals surface area contributed by atoms with Gasteiger partial charge in [-0.15, -0.1) is 0 Å². The predicted octanol–water partition coefficient (Wildman–Crippen LogP) is 5.95. The number of rotatable bonds is 5. The molecule has 0 radical (unpaired) electrons. The number of hydrogen-bond donors (Lipinski definition) is 2. The molecule has 0 fully saturated rings. The maximum Gasteiger partial charge on any atom is 0.250 e. The summed E-state index contributed by atoms with van der Waals surface area (Å²) < 4.78 is 11.8. The van der Waals surface area contributed by atoms with Gasteiger partial charge in [0.15, 0.2) is 0 Å². The molecular weight excluding hydrogens is 366 g/mol. The highest BCUT2D eigenvalue weighted by molar-refractivity contribution is 6.74. The van der Waals surface area contributed by atoms with Gasteiger partial charge >= 0.3 is 0 Å². The van der Waals surface area contributed by atoms with E-state index >= 15 is 0 Å². The van der Waals surface area contributed by atoms with Crippen LogP contribution in [0.25, 0.3) is 10.9 Å². The van der Waals surface area contributed by atoms with Crippen molar-refractivity contribution in [3.63, 3.8) is 0 Å². The van der Waals surface area contributed by atoms with Gasteiger partial charge in [-0.05, 0) is 48.5 Å². The summed E-state index contributed by atoms with van der Waals surface area (Å²) in [6.07, 6.45) is 0. The van der Waals surface area contributed by atoms with E-state index < -0.39 is 8.32 Å². The Bertz CT molecular complexity index is 997. The largest absolute Gasteiger partial charge is 0.542 e. The number of pyridine rings is 1. The molecule has 3 aromatic rings. The normalized spacial score (nSPS) is 12.1. The quantitative estimate of drug-likeness (QED) is 0.412. The molecule has 148 valence electrons. The average molecular weight is 396 g/mol. The van der Waals surface area contributed by atoms with Crippen molar-refractivity contribution in [1.29, 1.82) is 0 Å². The fourth-order valence-electron chi connectivity index (χ4n) is 2.62. The zero-order valence-electron chi connectivity index (χ0n) is 17.5. The van der Waals surface area contributed by atoms with E-state index in [-0.39, 0.29) is 5.04 Å². The molecule has 28 heavy (non-hydrogen) atoms. The lowest BCUT2D eigenvalue weighted by Crippen LogP contribution is -2.43. The third kappa shape index (κ3) is 4.07. The smallest absolute Gasteiger partial charge is 0.250 e. The van der Waals surface area contributed by atoms with Crippen LogP contribution in [-0.2, 0) is 0 Å². The fourth-order valence-corrected chi connectivity index (χ4v) is 3.64. The lowest BCUT2D eigenvalue weighted by molar-refractivity contribution is 0.415. The molecule has 3 N–H and O–H groups in total. The molecule has 0 saturated heterocycles. The number of aromatic nitrogens is 1. The Kier molecular flexibility index (Phi) is 5.26. The number of nitrogen functional groups attached to an aromatic ring is 1. The lowest BCUT2D eigenvalue weighted by atomic mass is 10.2. The zero-order valence-corrected chi connectivity index (χ0v) is 18.5. The molecule has 1 aromatic heterocycles. The Morgan fingerprint density at radius 3 is 2.43 bits per heavy atom. The van der Waals surface area contributed by atoms with Crippen molar-refractivity contribution in [2.24, 2.45) is 0 Å². The SMILES string of the molecule is COc1ccc(Nc2ccc3cccc(O[Si](C)(C)C(C)(C)C)c3n2)c(N)c1. The molecule has 0 saturated carbocycles. The third-order valence-electron chi connectivity index (χ3n) is 5.38. The summed E-state index contributed by atoms with van der Waals surface area (Å²) >= 11 is 0. The number of fused-ring (bicyclic) bond motifs is 1. The van der Waals surface area contributed by atoms with Crippen molar-refractivity contribution >= 4 is 36.4 Å². The van der Waals surface area contributed by atoms with Crippen molar-refractivity contribution in [2.75, 3.05) is 18.2 Å². The molecule has 0 unspecified atom stereocenters. The molecule has 0 amide bonds. The summed E-state index contributed by atoms with van der Waals surface area (Å²) in [5, 5.41) is 4.46. The van der Waals surface area contributed by atoms with Gasteiger partial charge in [0.1, 0.15) is 22.8 Å². The molecule has 0 atom stereocenters. The third-order valence-corrected chi connectivity index (χ3v) is 9.72. The van der Waals surface area contributed by atoms with Gasteiger partial charge in [0.25, 0.3) is 8.32 Å². The Hall–Kier alpha value is -2.73. The number of ether oxygens (including phenoxy) is 1. The average Bonchev–Trinajstić information content (AvgIpc) is 2.62. The summed E-state index contributed by atoms with van der Waals surface area (Å²) in [5.41, 5.74) is 8.37. The van der Waals surface area contributed by atoms with Crippen LogP contribution in [0, 0.1) is 0 Å². The van der Waals surface area contributed by atoms with Gasteiger partial charge in [0.2, 0.25) is 0 Å². The molecule has 3 rings (SSSR count). The van der Waals surface area contributed by atoms with Crippen LogP contribution in [-0.4, -0.2) is 20.4 Å². The zero-order chi connectivity index (χ0) is 20.5. The second-order valence-electron chi connectivity index (χ2n) is 8.46. The van der Waals surface area contributed by atoms with E-state index in [0.29, 0.717) is 5.69 Å². The number of nitrogens with two attached hydrogens (primary N) is 1. The van der Waals surface area contributed by atoms with Crippen LogP contribution in [0.3, 0.4) is 0 Å². The highest BCUT2D eigenvalue weighted by atomic mass is 28.4. The second-order valence-corrected chi connectivity index (χ2v) is 13.2. The molecule has 2 aromatic carbocycles. The molecule has 1 heterocycles. The summed E-state index contributed by atoms with van der Waals surface area (Å²) in [6, 6.07) is 15.6. The van der Waals surface area contributed by atoms with E-state index in [4.69, 9.17) is 19.9 Å². The molecule has 0 bridgehead atoms. The van der Waals surface area contributed by atoms with Crippen molar-refractivity contribution < 1.29 is 9.16 Å². The van der Waals surface area contributed by atoms with Crippen LogP contribution in [0.15, 0.2) is 48.5 Å². The minimum Gasteiger partial charge on any atom is -0.542 e. The standard InChI is InChI=1S/C22H29N3O2Si/c1-22(2,3)28(5,6)27-19-9-7-8-15-10-13-20(25-21(15)19)24-18-12-11-16(26-4)14-17(18)23/h7-14H,23H2,1-6H3,(H,24,25). The van der Waals surface area contributed by atoms with Gasteiger partial charge in [-0.1, -0.05) is 32.9 Å². The molecule has 5 nitrogen and oxygen atoms in total. The van der Waals surface area contributed by atoms with Crippen LogP contribution >= 0.6 is 0 Å². The van der Waals surface area contributed by atoms with Gasteiger partial charge < -0.3 is 20.2 Å². The predicted molar refractivity (Wildman–Crippen MR) is 120 cm³/mol. The monoisotopic (exact) mass is 395 g/mol. The molecule has 0 aliphatic carbocycles. The molecule has 0 aliphatic heterocycles. The number of nitrogens with one attached hydrogen (secondary N) is 1. The number of benzene rings is 2. The van der Waals surface area contributed by atoms with E-state index in [9.17, 15) is 0 Å². The summed E-state index contributed by atoms with van der Waals surface area (Å²) in [4.78, 5) is 4.82. The van der Waals surface area contributed by atoms with Gasteiger partial charge in [0.05, 0.1) is 18.5 Å². The van der Waals surface area contributed by atoms with Crippen LogP contribution in [0.4, 0.5) is 17.2 Å². The van der Waals surface area contributed by atoms with Crippen molar-refractivity contribution in [3.8, 4) is 11.5 Å². The van der Waals surface area contributed by atoms with Crippen LogP contribution in [0.5, 0.6) is 11.5 Å². The Balaban J connectivity index is 1.97. The van der Waals surface area contributed by atoms with Gasteiger partial charge in [-0.3, -0.25) is 0 Å². The fraction of sp³-hybridized carbons (Fsp3) is 0.318.